The molecule has 3 aromatic rings. The predicted molar refractivity (Wildman–Crippen MR) is 138 cm³/mol. The molecule has 0 bridgehead atoms. The molecule has 0 unspecified atom stereocenters. The molecule has 0 saturated heterocycles. The van der Waals surface area contributed by atoms with E-state index in [2.05, 4.69) is 38.2 Å². The number of carbonyl (C=O) groups is 1. The lowest BCUT2D eigenvalue weighted by Gasteiger charge is -2.36. The van der Waals surface area contributed by atoms with Crippen LogP contribution in [0.5, 0.6) is 0 Å². The van der Waals surface area contributed by atoms with Crippen LogP contribution >= 0.6 is 34.2 Å². The summed E-state index contributed by atoms with van der Waals surface area (Å²) >= 11 is 8.10. The monoisotopic (exact) mass is 631 g/mol. The molecule has 2 amide bonds. The van der Waals surface area contributed by atoms with E-state index < -0.39 is 29.1 Å². The Hall–Kier alpha value is -2.40. The summed E-state index contributed by atoms with van der Waals surface area (Å²) in [4.78, 5) is 17.7. The van der Waals surface area contributed by atoms with Crippen LogP contribution in [-0.4, -0.2) is 17.1 Å². The number of urea groups is 1. The van der Waals surface area contributed by atoms with E-state index in [1.54, 1.807) is 42.6 Å². The second-order valence-electron chi connectivity index (χ2n) is 8.88. The number of halogens is 6. The third-order valence-electron chi connectivity index (χ3n) is 6.28. The van der Waals surface area contributed by atoms with Gasteiger partial charge in [0.1, 0.15) is 11.4 Å². The number of carbonyl (C=O) groups excluding carboxylic acids is 1. The van der Waals surface area contributed by atoms with E-state index in [0.717, 1.165) is 41.4 Å². The molecule has 2 aromatic carbocycles. The Kier molecular flexibility index (Phi) is 8.09. The van der Waals surface area contributed by atoms with Gasteiger partial charge >= 0.3 is 12.2 Å². The van der Waals surface area contributed by atoms with Crippen LogP contribution in [0.25, 0.3) is 0 Å². The van der Waals surface area contributed by atoms with Gasteiger partial charge in [0.15, 0.2) is 0 Å². The summed E-state index contributed by atoms with van der Waals surface area (Å²) in [5, 5.41) is 6.30. The molecule has 190 valence electrons. The summed E-state index contributed by atoms with van der Waals surface area (Å²) in [7, 11) is 0. The molecule has 36 heavy (non-hydrogen) atoms. The molecular formula is C26H23ClF4IN3O. The number of aromatic nitrogens is 1. The van der Waals surface area contributed by atoms with Crippen LogP contribution in [-0.2, 0) is 18.1 Å². The summed E-state index contributed by atoms with van der Waals surface area (Å²) < 4.78 is 56.5. The van der Waals surface area contributed by atoms with Gasteiger partial charge in [-0.2, -0.15) is 13.2 Å². The number of amides is 2. The normalized spacial score (nSPS) is 15.9. The number of hydrogen-bond acceptors (Lipinski definition) is 2. The first-order chi connectivity index (χ1) is 17.0. The van der Waals surface area contributed by atoms with Crippen LogP contribution in [0.3, 0.4) is 0 Å². The minimum absolute atomic E-state index is 0.0105. The molecule has 1 heterocycles. The lowest BCUT2D eigenvalue weighted by molar-refractivity contribution is -0.137. The molecule has 1 fully saturated rings. The van der Waals surface area contributed by atoms with Gasteiger partial charge in [-0.05, 0) is 89.0 Å². The van der Waals surface area contributed by atoms with E-state index in [4.69, 9.17) is 11.6 Å². The van der Waals surface area contributed by atoms with Crippen molar-refractivity contribution >= 4 is 40.2 Å². The van der Waals surface area contributed by atoms with Crippen molar-refractivity contribution in [3.63, 3.8) is 0 Å². The highest BCUT2D eigenvalue weighted by molar-refractivity contribution is 14.1. The van der Waals surface area contributed by atoms with E-state index in [1.165, 1.54) is 0 Å². The van der Waals surface area contributed by atoms with Gasteiger partial charge in [-0.1, -0.05) is 36.6 Å². The van der Waals surface area contributed by atoms with Gasteiger partial charge in [-0.25, -0.2) is 9.18 Å². The first-order valence-corrected chi connectivity index (χ1v) is 12.8. The first-order valence-electron chi connectivity index (χ1n) is 11.4. The molecular weight excluding hydrogens is 609 g/mol. The second kappa shape index (κ2) is 10.9. The zero-order valence-electron chi connectivity index (χ0n) is 19.0. The fourth-order valence-electron chi connectivity index (χ4n) is 4.54. The third kappa shape index (κ3) is 6.29. The molecule has 4 rings (SSSR count). The first kappa shape index (κ1) is 26.7. The maximum atomic E-state index is 14.7. The van der Waals surface area contributed by atoms with Gasteiger partial charge in [0.05, 0.1) is 11.3 Å². The molecule has 10 heteroatoms. The lowest BCUT2D eigenvalue weighted by Crippen LogP contribution is -2.54. The summed E-state index contributed by atoms with van der Waals surface area (Å²) in [5.41, 5.74) is -1.89. The number of nitrogens with one attached hydrogen (secondary N) is 2. The van der Waals surface area contributed by atoms with E-state index in [9.17, 15) is 22.4 Å². The number of alkyl halides is 3. The Labute approximate surface area is 225 Å². The van der Waals surface area contributed by atoms with Crippen molar-refractivity contribution in [3.05, 3.63) is 97.6 Å². The molecule has 1 atom stereocenters. The van der Waals surface area contributed by atoms with E-state index >= 15 is 0 Å². The maximum absolute atomic E-state index is 14.7. The Morgan fingerprint density at radius 2 is 1.69 bits per heavy atom. The highest BCUT2D eigenvalue weighted by atomic mass is 127. The number of pyridine rings is 1. The smallest absolute Gasteiger partial charge is 0.335 e. The standard InChI is InChI=1S/C26H23ClF4IN3O/c27-19-7-5-16(6-8-19)14-25(23-10-9-21(32)15-33-23,35-24(36)34-22-3-1-2-4-22)17-11-18(26(29,30)31)13-20(28)12-17/h5-13,15,22H,1-4,14H2,(H2,34,35,36)/t25-/m0/s1. The summed E-state index contributed by atoms with van der Waals surface area (Å²) in [6.45, 7) is 0. The Bertz CT molecular complexity index is 1220. The molecule has 1 aliphatic carbocycles. The van der Waals surface area contributed by atoms with Crippen LogP contribution in [0.4, 0.5) is 22.4 Å². The second-order valence-corrected chi connectivity index (χ2v) is 10.6. The van der Waals surface area contributed by atoms with Gasteiger partial charge in [-0.3, -0.25) is 4.98 Å². The SMILES string of the molecule is O=C(NC1CCCC1)N[C@@](Cc1ccc(Cl)cc1)(c1cc(F)cc(C(F)(F)F)c1)c1ccc(I)cn1. The molecule has 2 N–H and O–H groups in total. The zero-order valence-corrected chi connectivity index (χ0v) is 21.9. The van der Waals surface area contributed by atoms with Crippen LogP contribution in [0.1, 0.15) is 48.1 Å². The largest absolute Gasteiger partial charge is 0.416 e. The average Bonchev–Trinajstić information content (AvgIpc) is 3.32. The number of nitrogens with zero attached hydrogens (tertiary/aromatic N) is 1. The van der Waals surface area contributed by atoms with E-state index in [-0.39, 0.29) is 23.7 Å². The number of rotatable bonds is 6. The van der Waals surface area contributed by atoms with Gasteiger partial charge in [0.2, 0.25) is 0 Å². The van der Waals surface area contributed by atoms with Crippen LogP contribution in [0.15, 0.2) is 60.8 Å². The van der Waals surface area contributed by atoms with Crippen LogP contribution < -0.4 is 10.6 Å². The van der Waals surface area contributed by atoms with Crippen molar-refractivity contribution in [2.45, 2.75) is 49.9 Å². The predicted octanol–water partition coefficient (Wildman–Crippen LogP) is 7.23. The van der Waals surface area contributed by atoms with Crippen molar-refractivity contribution < 1.29 is 22.4 Å². The van der Waals surface area contributed by atoms with E-state index in [0.29, 0.717) is 16.7 Å². The van der Waals surface area contributed by atoms with Crippen molar-refractivity contribution in [3.8, 4) is 0 Å². The number of benzene rings is 2. The van der Waals surface area contributed by atoms with Crippen molar-refractivity contribution in [1.82, 2.24) is 15.6 Å². The Morgan fingerprint density at radius 3 is 2.31 bits per heavy atom. The zero-order chi connectivity index (χ0) is 25.9. The van der Waals surface area contributed by atoms with E-state index in [1.807, 2.05) is 0 Å². The Balaban J connectivity index is 1.89. The van der Waals surface area contributed by atoms with Gasteiger partial charge < -0.3 is 10.6 Å². The third-order valence-corrected chi connectivity index (χ3v) is 7.17. The molecule has 4 nitrogen and oxygen atoms in total. The highest BCUT2D eigenvalue weighted by Crippen LogP contribution is 2.38. The molecule has 1 aromatic heterocycles. The average molecular weight is 632 g/mol. The van der Waals surface area contributed by atoms with Crippen molar-refractivity contribution in [2.24, 2.45) is 0 Å². The lowest BCUT2D eigenvalue weighted by atomic mass is 9.79. The van der Waals surface area contributed by atoms with Crippen LogP contribution in [0, 0.1) is 9.39 Å². The minimum Gasteiger partial charge on any atom is -0.335 e. The topological polar surface area (TPSA) is 54.0 Å². The van der Waals surface area contributed by atoms with Gasteiger partial charge in [0.25, 0.3) is 0 Å². The van der Waals surface area contributed by atoms with Crippen molar-refractivity contribution in [2.75, 3.05) is 0 Å². The van der Waals surface area contributed by atoms with Gasteiger partial charge in [0, 0.05) is 27.3 Å². The quantitative estimate of drug-likeness (QED) is 0.223. The molecule has 0 aliphatic heterocycles. The summed E-state index contributed by atoms with van der Waals surface area (Å²) in [6, 6.07) is 11.8. The fraction of sp³-hybridized carbons (Fsp3) is 0.308. The molecule has 1 saturated carbocycles. The van der Waals surface area contributed by atoms with Crippen LogP contribution in [0.2, 0.25) is 5.02 Å². The fourth-order valence-corrected chi connectivity index (χ4v) is 4.99. The summed E-state index contributed by atoms with van der Waals surface area (Å²) in [6.07, 6.45) is 0.379. The molecule has 0 spiro atoms. The summed E-state index contributed by atoms with van der Waals surface area (Å²) in [5.74, 6) is -1.07. The highest BCUT2D eigenvalue weighted by Gasteiger charge is 2.41. The maximum Gasteiger partial charge on any atom is 0.416 e. The minimum atomic E-state index is -4.78. The molecule has 1 aliphatic rings. The molecule has 0 radical (unpaired) electrons. The Morgan fingerprint density at radius 1 is 1.03 bits per heavy atom. The van der Waals surface area contributed by atoms with Crippen molar-refractivity contribution in [1.29, 1.82) is 0 Å². The number of hydrogen-bond donors (Lipinski definition) is 2. The van der Waals surface area contributed by atoms with Gasteiger partial charge in [-0.15, -0.1) is 0 Å².